The molecule has 0 bridgehead atoms. The van der Waals surface area contributed by atoms with Gasteiger partial charge in [0, 0.05) is 23.8 Å². The highest BCUT2D eigenvalue weighted by atomic mass is 35.5. The van der Waals surface area contributed by atoms with E-state index >= 15 is 0 Å². The van der Waals surface area contributed by atoms with Crippen LogP contribution in [0.15, 0.2) is 60.7 Å². The number of carbonyl (C=O) groups excluding carboxylic acids is 1. The molecular formula is C26H29ClN2O3. The van der Waals surface area contributed by atoms with Crippen molar-refractivity contribution in [3.8, 4) is 11.5 Å². The van der Waals surface area contributed by atoms with E-state index in [1.165, 1.54) is 5.56 Å². The fourth-order valence-corrected chi connectivity index (χ4v) is 3.42. The van der Waals surface area contributed by atoms with Crippen LogP contribution in [-0.2, 0) is 17.9 Å². The van der Waals surface area contributed by atoms with Crippen LogP contribution in [0.4, 0.5) is 11.4 Å². The number of amides is 1. The molecule has 3 aromatic rings. The van der Waals surface area contributed by atoms with Crippen LogP contribution in [-0.4, -0.2) is 13.0 Å². The van der Waals surface area contributed by atoms with Crippen LogP contribution in [0.25, 0.3) is 0 Å². The lowest BCUT2D eigenvalue weighted by atomic mass is 10.1. The minimum Gasteiger partial charge on any atom is -0.493 e. The summed E-state index contributed by atoms with van der Waals surface area (Å²) >= 11 is 6.51. The molecule has 0 radical (unpaired) electrons. The van der Waals surface area contributed by atoms with Gasteiger partial charge in [-0.15, -0.1) is 0 Å². The van der Waals surface area contributed by atoms with Crippen LogP contribution in [0, 0.1) is 12.8 Å². The fraction of sp³-hybridized carbons (Fsp3) is 0.269. The van der Waals surface area contributed by atoms with E-state index in [0.717, 1.165) is 22.5 Å². The molecule has 6 heteroatoms. The van der Waals surface area contributed by atoms with E-state index in [-0.39, 0.29) is 11.8 Å². The van der Waals surface area contributed by atoms with Crippen molar-refractivity contribution in [3.05, 3.63) is 82.4 Å². The Balaban J connectivity index is 1.63. The van der Waals surface area contributed by atoms with Crippen molar-refractivity contribution in [1.29, 1.82) is 0 Å². The second kappa shape index (κ2) is 10.9. The molecule has 0 saturated carbocycles. The summed E-state index contributed by atoms with van der Waals surface area (Å²) in [5, 5.41) is 6.74. The standard InChI is InChI=1S/C26H29ClN2O3/c1-17(2)26(30)29-22-10-8-21(9-11-22)28-15-20-13-23(27)25(24(14-20)31-4)32-16-19-7-5-6-18(3)12-19/h5-14,17,28H,15-16H2,1-4H3,(H,29,30). The molecule has 0 aliphatic rings. The van der Waals surface area contributed by atoms with Gasteiger partial charge in [-0.05, 0) is 54.4 Å². The number of ether oxygens (including phenoxy) is 2. The summed E-state index contributed by atoms with van der Waals surface area (Å²) in [4.78, 5) is 11.8. The van der Waals surface area contributed by atoms with E-state index in [1.807, 2.05) is 75.4 Å². The number of methoxy groups -OCH3 is 1. The van der Waals surface area contributed by atoms with Gasteiger partial charge in [-0.3, -0.25) is 4.79 Å². The van der Waals surface area contributed by atoms with Gasteiger partial charge in [0.05, 0.1) is 12.1 Å². The molecule has 5 nitrogen and oxygen atoms in total. The molecule has 0 aliphatic heterocycles. The first kappa shape index (κ1) is 23.5. The number of hydrogen-bond donors (Lipinski definition) is 2. The van der Waals surface area contributed by atoms with Crippen LogP contribution < -0.4 is 20.1 Å². The van der Waals surface area contributed by atoms with Gasteiger partial charge in [-0.1, -0.05) is 55.3 Å². The predicted molar refractivity (Wildman–Crippen MR) is 131 cm³/mol. The zero-order valence-corrected chi connectivity index (χ0v) is 19.6. The van der Waals surface area contributed by atoms with Crippen molar-refractivity contribution in [2.24, 2.45) is 5.92 Å². The summed E-state index contributed by atoms with van der Waals surface area (Å²) in [6.07, 6.45) is 0. The molecule has 0 fully saturated rings. The molecule has 0 unspecified atom stereocenters. The van der Waals surface area contributed by atoms with Gasteiger partial charge in [0.1, 0.15) is 6.61 Å². The Labute approximate surface area is 194 Å². The Hall–Kier alpha value is -3.18. The van der Waals surface area contributed by atoms with Crippen molar-refractivity contribution in [1.82, 2.24) is 0 Å². The highest BCUT2D eigenvalue weighted by Crippen LogP contribution is 2.37. The summed E-state index contributed by atoms with van der Waals surface area (Å²) in [6, 6.07) is 19.5. The molecule has 168 valence electrons. The molecule has 1 amide bonds. The lowest BCUT2D eigenvalue weighted by Crippen LogP contribution is -2.17. The first-order valence-electron chi connectivity index (χ1n) is 10.5. The third-order valence-electron chi connectivity index (χ3n) is 4.93. The number of carbonyl (C=O) groups is 1. The largest absolute Gasteiger partial charge is 0.493 e. The second-order valence-electron chi connectivity index (χ2n) is 7.96. The Kier molecular flexibility index (Phi) is 8.01. The van der Waals surface area contributed by atoms with E-state index in [4.69, 9.17) is 21.1 Å². The SMILES string of the molecule is COc1cc(CNc2ccc(NC(=O)C(C)C)cc2)cc(Cl)c1OCc1cccc(C)c1. The molecule has 0 heterocycles. The Morgan fingerprint density at radius 3 is 2.38 bits per heavy atom. The zero-order chi connectivity index (χ0) is 23.1. The normalized spacial score (nSPS) is 10.7. The summed E-state index contributed by atoms with van der Waals surface area (Å²) in [6.45, 7) is 6.75. The molecular weight excluding hydrogens is 424 g/mol. The van der Waals surface area contributed by atoms with Crippen LogP contribution in [0.5, 0.6) is 11.5 Å². The molecule has 0 saturated heterocycles. The maximum atomic E-state index is 11.8. The average Bonchev–Trinajstić information content (AvgIpc) is 2.77. The maximum absolute atomic E-state index is 11.8. The van der Waals surface area contributed by atoms with Crippen molar-refractivity contribution in [2.75, 3.05) is 17.7 Å². The number of rotatable bonds is 9. The first-order chi connectivity index (χ1) is 15.4. The third-order valence-corrected chi connectivity index (χ3v) is 5.21. The van der Waals surface area contributed by atoms with Gasteiger partial charge < -0.3 is 20.1 Å². The molecule has 3 aromatic carbocycles. The van der Waals surface area contributed by atoms with Gasteiger partial charge in [-0.25, -0.2) is 0 Å². The third kappa shape index (κ3) is 6.41. The number of halogens is 1. The molecule has 32 heavy (non-hydrogen) atoms. The van der Waals surface area contributed by atoms with Gasteiger partial charge >= 0.3 is 0 Å². The summed E-state index contributed by atoms with van der Waals surface area (Å²) < 4.78 is 11.5. The molecule has 2 N–H and O–H groups in total. The summed E-state index contributed by atoms with van der Waals surface area (Å²) in [5.74, 6) is 1.06. The van der Waals surface area contributed by atoms with Crippen LogP contribution in [0.1, 0.15) is 30.5 Å². The minimum atomic E-state index is -0.0590. The van der Waals surface area contributed by atoms with Crippen LogP contribution in [0.3, 0.4) is 0 Å². The number of hydrogen-bond acceptors (Lipinski definition) is 4. The van der Waals surface area contributed by atoms with Gasteiger partial charge in [0.2, 0.25) is 5.91 Å². The Morgan fingerprint density at radius 1 is 1.00 bits per heavy atom. The summed E-state index contributed by atoms with van der Waals surface area (Å²) in [7, 11) is 1.60. The van der Waals surface area contributed by atoms with E-state index < -0.39 is 0 Å². The van der Waals surface area contributed by atoms with E-state index in [1.54, 1.807) is 7.11 Å². The topological polar surface area (TPSA) is 59.6 Å². The lowest BCUT2D eigenvalue weighted by Gasteiger charge is -2.15. The predicted octanol–water partition coefficient (Wildman–Crippen LogP) is 6.44. The van der Waals surface area contributed by atoms with Gasteiger partial charge in [-0.2, -0.15) is 0 Å². The van der Waals surface area contributed by atoms with Gasteiger partial charge in [0.15, 0.2) is 11.5 Å². The first-order valence-corrected chi connectivity index (χ1v) is 10.9. The van der Waals surface area contributed by atoms with Gasteiger partial charge in [0.25, 0.3) is 0 Å². The highest BCUT2D eigenvalue weighted by Gasteiger charge is 2.13. The molecule has 0 aromatic heterocycles. The Morgan fingerprint density at radius 2 is 1.72 bits per heavy atom. The maximum Gasteiger partial charge on any atom is 0.226 e. The molecule has 0 aliphatic carbocycles. The zero-order valence-electron chi connectivity index (χ0n) is 18.9. The number of benzene rings is 3. The van der Waals surface area contributed by atoms with E-state index in [9.17, 15) is 4.79 Å². The number of aryl methyl sites for hydroxylation is 1. The van der Waals surface area contributed by atoms with Crippen molar-refractivity contribution >= 4 is 28.9 Å². The highest BCUT2D eigenvalue weighted by molar-refractivity contribution is 6.32. The molecule has 0 atom stereocenters. The quantitative estimate of drug-likeness (QED) is 0.392. The van der Waals surface area contributed by atoms with Crippen molar-refractivity contribution in [2.45, 2.75) is 33.9 Å². The Bertz CT molecular complexity index is 1070. The summed E-state index contributed by atoms with van der Waals surface area (Å²) in [5.41, 5.74) is 4.92. The molecule has 3 rings (SSSR count). The smallest absolute Gasteiger partial charge is 0.226 e. The van der Waals surface area contributed by atoms with Crippen LogP contribution >= 0.6 is 11.6 Å². The van der Waals surface area contributed by atoms with E-state index in [2.05, 4.69) is 16.7 Å². The monoisotopic (exact) mass is 452 g/mol. The number of nitrogens with one attached hydrogen (secondary N) is 2. The number of anilines is 2. The second-order valence-corrected chi connectivity index (χ2v) is 8.37. The lowest BCUT2D eigenvalue weighted by molar-refractivity contribution is -0.118. The minimum absolute atomic E-state index is 0.00264. The van der Waals surface area contributed by atoms with Crippen molar-refractivity contribution < 1.29 is 14.3 Å². The molecule has 0 spiro atoms. The van der Waals surface area contributed by atoms with E-state index in [0.29, 0.717) is 29.7 Å². The van der Waals surface area contributed by atoms with Crippen molar-refractivity contribution in [3.63, 3.8) is 0 Å². The average molecular weight is 453 g/mol. The van der Waals surface area contributed by atoms with Crippen LogP contribution in [0.2, 0.25) is 5.02 Å². The fourth-order valence-electron chi connectivity index (χ4n) is 3.13.